The lowest BCUT2D eigenvalue weighted by Crippen LogP contribution is -2.30. The van der Waals surface area contributed by atoms with Crippen LogP contribution < -0.4 is 0 Å². The van der Waals surface area contributed by atoms with E-state index < -0.39 is 0 Å². The van der Waals surface area contributed by atoms with Gasteiger partial charge < -0.3 is 0 Å². The number of carbonyl (C=O) groups is 1. The van der Waals surface area contributed by atoms with Crippen LogP contribution in [0.5, 0.6) is 0 Å². The first-order valence-electron chi connectivity index (χ1n) is 6.86. The molecule has 0 spiro atoms. The lowest BCUT2D eigenvalue weighted by atomic mass is 9.67. The monoisotopic (exact) mass is 236 g/mol. The maximum atomic E-state index is 12.2. The maximum Gasteiger partial charge on any atom is 0.140 e. The van der Waals surface area contributed by atoms with E-state index in [0.717, 1.165) is 25.2 Å². The Kier molecular flexibility index (Phi) is 2.11. The van der Waals surface area contributed by atoms with Gasteiger partial charge in [-0.05, 0) is 47.1 Å². The van der Waals surface area contributed by atoms with Crippen LogP contribution in [0.2, 0.25) is 0 Å². The normalized spacial score (nSPS) is 26.1. The van der Waals surface area contributed by atoms with Gasteiger partial charge in [0, 0.05) is 12.3 Å². The second-order valence-electron chi connectivity index (χ2n) is 5.72. The van der Waals surface area contributed by atoms with E-state index in [-0.39, 0.29) is 5.92 Å². The molecule has 0 N–H and O–H groups in total. The van der Waals surface area contributed by atoms with Gasteiger partial charge in [-0.1, -0.05) is 36.4 Å². The first-order valence-corrected chi connectivity index (χ1v) is 6.86. The van der Waals surface area contributed by atoms with Crippen LogP contribution in [0.1, 0.15) is 36.3 Å². The molecule has 1 saturated carbocycles. The molecule has 18 heavy (non-hydrogen) atoms. The molecule has 0 aromatic heterocycles. The Bertz CT molecular complexity index is 641. The minimum atomic E-state index is 0.179. The van der Waals surface area contributed by atoms with Crippen molar-refractivity contribution in [3.63, 3.8) is 0 Å². The van der Waals surface area contributed by atoms with Gasteiger partial charge in [0.1, 0.15) is 5.78 Å². The Morgan fingerprint density at radius 2 is 1.94 bits per heavy atom. The molecule has 90 valence electrons. The summed E-state index contributed by atoms with van der Waals surface area (Å²) in [7, 11) is 0. The highest BCUT2D eigenvalue weighted by Crippen LogP contribution is 2.44. The third kappa shape index (κ3) is 1.37. The minimum absolute atomic E-state index is 0.179. The number of rotatable bonds is 0. The van der Waals surface area contributed by atoms with E-state index >= 15 is 0 Å². The highest BCUT2D eigenvalue weighted by atomic mass is 16.1. The molecule has 2 bridgehead atoms. The maximum absolute atomic E-state index is 12.2. The minimum Gasteiger partial charge on any atom is -0.299 e. The molecule has 0 aliphatic heterocycles. The van der Waals surface area contributed by atoms with Crippen molar-refractivity contribution < 1.29 is 4.79 Å². The zero-order valence-electron chi connectivity index (χ0n) is 10.4. The van der Waals surface area contributed by atoms with Crippen molar-refractivity contribution in [2.45, 2.75) is 31.6 Å². The number of hydrogen-bond donors (Lipinski definition) is 0. The molecule has 0 heterocycles. The Labute approximate surface area is 107 Å². The molecular formula is C17H16O. The topological polar surface area (TPSA) is 17.1 Å². The fraction of sp³-hybridized carbons (Fsp3) is 0.353. The van der Waals surface area contributed by atoms with Crippen LogP contribution >= 0.6 is 0 Å². The quantitative estimate of drug-likeness (QED) is 0.679. The molecule has 2 atom stereocenters. The number of fused-ring (bicyclic) bond motifs is 6. The standard InChI is InChI=1S/C17H16O/c18-16-8-5-11-9-13-7-6-12-3-1-2-4-14(12)17(13)15(16)10-11/h1-4,6-7,11,15H,5,8-10H2/t11-,15+/m0/s1. The number of ketones is 1. The second kappa shape index (κ2) is 3.68. The van der Waals surface area contributed by atoms with E-state index in [2.05, 4.69) is 36.4 Å². The van der Waals surface area contributed by atoms with Crippen molar-refractivity contribution in [1.29, 1.82) is 0 Å². The van der Waals surface area contributed by atoms with Crippen LogP contribution in [0.15, 0.2) is 36.4 Å². The van der Waals surface area contributed by atoms with Gasteiger partial charge in [0.25, 0.3) is 0 Å². The van der Waals surface area contributed by atoms with E-state index in [1.165, 1.54) is 28.3 Å². The van der Waals surface area contributed by atoms with Gasteiger partial charge in [-0.2, -0.15) is 0 Å². The molecule has 0 unspecified atom stereocenters. The van der Waals surface area contributed by atoms with Crippen LogP contribution in [0.3, 0.4) is 0 Å². The summed E-state index contributed by atoms with van der Waals surface area (Å²) in [6, 6.07) is 12.9. The highest BCUT2D eigenvalue weighted by Gasteiger charge is 2.36. The van der Waals surface area contributed by atoms with Gasteiger partial charge in [0.05, 0.1) is 0 Å². The fourth-order valence-corrected chi connectivity index (χ4v) is 3.81. The van der Waals surface area contributed by atoms with E-state index in [1.807, 2.05) is 0 Å². The molecule has 1 fully saturated rings. The molecule has 2 aromatic rings. The average Bonchev–Trinajstić information content (AvgIpc) is 2.42. The second-order valence-corrected chi connectivity index (χ2v) is 5.72. The number of Topliss-reactive ketones (excluding diaryl/α,β-unsaturated/α-hetero) is 1. The van der Waals surface area contributed by atoms with Crippen LogP contribution in [0, 0.1) is 5.92 Å². The van der Waals surface area contributed by atoms with Gasteiger partial charge in [-0.3, -0.25) is 4.79 Å². The predicted molar refractivity (Wildman–Crippen MR) is 72.7 cm³/mol. The van der Waals surface area contributed by atoms with E-state index in [4.69, 9.17) is 0 Å². The Morgan fingerprint density at radius 1 is 1.06 bits per heavy atom. The van der Waals surface area contributed by atoms with E-state index in [9.17, 15) is 4.79 Å². The van der Waals surface area contributed by atoms with Crippen LogP contribution in [0.25, 0.3) is 10.8 Å². The van der Waals surface area contributed by atoms with Crippen LogP contribution in [-0.2, 0) is 11.2 Å². The van der Waals surface area contributed by atoms with Gasteiger partial charge in [-0.15, -0.1) is 0 Å². The lowest BCUT2D eigenvalue weighted by Gasteiger charge is -2.36. The van der Waals surface area contributed by atoms with Gasteiger partial charge in [0.15, 0.2) is 0 Å². The third-order valence-corrected chi connectivity index (χ3v) is 4.67. The number of carbonyl (C=O) groups excluding carboxylic acids is 1. The summed E-state index contributed by atoms with van der Waals surface area (Å²) in [5.41, 5.74) is 2.76. The molecule has 2 aliphatic rings. The lowest BCUT2D eigenvalue weighted by molar-refractivity contribution is -0.123. The van der Waals surface area contributed by atoms with Crippen molar-refractivity contribution in [2.24, 2.45) is 5.92 Å². The number of benzene rings is 2. The fourth-order valence-electron chi connectivity index (χ4n) is 3.81. The Hall–Kier alpha value is -1.63. The zero-order valence-corrected chi connectivity index (χ0v) is 10.4. The van der Waals surface area contributed by atoms with E-state index in [1.54, 1.807) is 0 Å². The van der Waals surface area contributed by atoms with E-state index in [0.29, 0.717) is 5.78 Å². The molecule has 2 aromatic carbocycles. The molecule has 2 aliphatic carbocycles. The van der Waals surface area contributed by atoms with Gasteiger partial charge in [0.2, 0.25) is 0 Å². The largest absolute Gasteiger partial charge is 0.299 e. The summed E-state index contributed by atoms with van der Waals surface area (Å²) in [6.07, 6.45) is 4.14. The Balaban J connectivity index is 2.02. The average molecular weight is 236 g/mol. The molecule has 1 nitrogen and oxygen atoms in total. The summed E-state index contributed by atoms with van der Waals surface area (Å²) in [6.45, 7) is 0. The summed E-state index contributed by atoms with van der Waals surface area (Å²) < 4.78 is 0. The van der Waals surface area contributed by atoms with Crippen molar-refractivity contribution in [3.05, 3.63) is 47.5 Å². The SMILES string of the molecule is O=C1CC[C@H]2Cc3ccc4ccccc4c3[C@@H]1C2. The van der Waals surface area contributed by atoms with Crippen LogP contribution in [0.4, 0.5) is 0 Å². The zero-order chi connectivity index (χ0) is 12.1. The molecule has 1 heteroatoms. The van der Waals surface area contributed by atoms with Crippen molar-refractivity contribution in [3.8, 4) is 0 Å². The number of hydrogen-bond acceptors (Lipinski definition) is 1. The van der Waals surface area contributed by atoms with Crippen molar-refractivity contribution in [1.82, 2.24) is 0 Å². The van der Waals surface area contributed by atoms with Crippen molar-refractivity contribution >= 4 is 16.6 Å². The molecule has 0 radical (unpaired) electrons. The highest BCUT2D eigenvalue weighted by molar-refractivity contribution is 5.95. The smallest absolute Gasteiger partial charge is 0.140 e. The predicted octanol–water partition coefficient (Wildman–Crippen LogP) is 3.85. The molecule has 0 saturated heterocycles. The van der Waals surface area contributed by atoms with Crippen molar-refractivity contribution in [2.75, 3.05) is 0 Å². The first kappa shape index (κ1) is 10.3. The summed E-state index contributed by atoms with van der Waals surface area (Å²) in [4.78, 5) is 12.2. The Morgan fingerprint density at radius 3 is 2.89 bits per heavy atom. The molecular weight excluding hydrogens is 220 g/mol. The summed E-state index contributed by atoms with van der Waals surface area (Å²) in [5.74, 6) is 1.38. The molecule has 4 rings (SSSR count). The third-order valence-electron chi connectivity index (χ3n) is 4.67. The van der Waals surface area contributed by atoms with Gasteiger partial charge in [-0.25, -0.2) is 0 Å². The first-order chi connectivity index (χ1) is 8.83. The summed E-state index contributed by atoms with van der Waals surface area (Å²) in [5, 5.41) is 2.57. The van der Waals surface area contributed by atoms with Crippen LogP contribution in [-0.4, -0.2) is 5.78 Å². The van der Waals surface area contributed by atoms with Gasteiger partial charge >= 0.3 is 0 Å². The molecule has 0 amide bonds. The summed E-state index contributed by atoms with van der Waals surface area (Å²) >= 11 is 0.